The maximum absolute atomic E-state index is 9.94. The Labute approximate surface area is 96.4 Å². The van der Waals surface area contributed by atoms with Gasteiger partial charge in [0.1, 0.15) is 0 Å². The summed E-state index contributed by atoms with van der Waals surface area (Å²) in [4.78, 5) is 9.94. The summed E-state index contributed by atoms with van der Waals surface area (Å²) in [6.45, 7) is 8.90. The van der Waals surface area contributed by atoms with Crippen LogP contribution in [0.2, 0.25) is 19.1 Å². The Bertz CT molecular complexity index is 189. The summed E-state index contributed by atoms with van der Waals surface area (Å²) in [5.74, 6) is 0.708. The van der Waals surface area contributed by atoms with Gasteiger partial charge in [-0.25, -0.2) is 0 Å². The molecule has 90 valence electrons. The zero-order valence-electron chi connectivity index (χ0n) is 11.0. The van der Waals surface area contributed by atoms with Gasteiger partial charge in [0, 0.05) is 0 Å². The third-order valence-corrected chi connectivity index (χ3v) is 5.45. The van der Waals surface area contributed by atoms with Gasteiger partial charge < -0.3 is 4.80 Å². The minimum absolute atomic E-state index is 0.581. The second-order valence-corrected chi connectivity index (χ2v) is 10.7. The topological polar surface area (TPSA) is 20.2 Å². The predicted molar refractivity (Wildman–Crippen MR) is 69.5 cm³/mol. The fraction of sp³-hybridized carbons (Fsp3) is 1.00. The minimum Gasteiger partial charge on any atom is -0.432 e. The van der Waals surface area contributed by atoms with Crippen LogP contribution in [0.5, 0.6) is 0 Å². The number of hydrogen-bond donors (Lipinski definition) is 1. The molecule has 1 N–H and O–H groups in total. The molecule has 1 unspecified atom stereocenters. The van der Waals surface area contributed by atoms with Crippen molar-refractivity contribution in [2.45, 2.75) is 71.5 Å². The van der Waals surface area contributed by atoms with Gasteiger partial charge in [0.25, 0.3) is 0 Å². The third kappa shape index (κ3) is 5.16. The lowest BCUT2D eigenvalue weighted by Gasteiger charge is -2.36. The van der Waals surface area contributed by atoms with Crippen LogP contribution in [-0.2, 0) is 0 Å². The smallest absolute Gasteiger partial charge is 0.182 e. The Balaban J connectivity index is 2.38. The van der Waals surface area contributed by atoms with Crippen LogP contribution in [0.15, 0.2) is 0 Å². The maximum Gasteiger partial charge on any atom is 0.182 e. The van der Waals surface area contributed by atoms with Crippen molar-refractivity contribution in [3.8, 4) is 0 Å². The molecule has 0 saturated heterocycles. The first-order valence-electron chi connectivity index (χ1n) is 6.53. The van der Waals surface area contributed by atoms with E-state index in [0.717, 1.165) is 6.04 Å². The molecular weight excluding hydrogens is 200 g/mol. The van der Waals surface area contributed by atoms with Crippen molar-refractivity contribution in [1.29, 1.82) is 0 Å². The fourth-order valence-electron chi connectivity index (χ4n) is 3.38. The zero-order chi connectivity index (χ0) is 11.5. The first kappa shape index (κ1) is 13.2. The van der Waals surface area contributed by atoms with E-state index in [2.05, 4.69) is 26.9 Å². The fourth-order valence-corrected chi connectivity index (χ4v) is 5.23. The van der Waals surface area contributed by atoms with Gasteiger partial charge >= 0.3 is 0 Å². The summed E-state index contributed by atoms with van der Waals surface area (Å²) >= 11 is 0. The van der Waals surface area contributed by atoms with Crippen molar-refractivity contribution in [2.24, 2.45) is 11.3 Å². The molecule has 1 aliphatic rings. The highest BCUT2D eigenvalue weighted by Crippen LogP contribution is 2.42. The monoisotopic (exact) mass is 228 g/mol. The summed E-state index contributed by atoms with van der Waals surface area (Å²) in [5, 5.41) is 0. The average Bonchev–Trinajstić information content (AvgIpc) is 1.99. The lowest BCUT2D eigenvalue weighted by Crippen LogP contribution is -2.30. The molecule has 0 aliphatic heterocycles. The van der Waals surface area contributed by atoms with Crippen LogP contribution in [0.25, 0.3) is 0 Å². The standard InChI is InChI=1S/C13H28OSi/c1-12(11-15(3,4)14)10-13(2)8-6-5-7-9-13/h12,14H,5-11H2,1-4H3. The highest BCUT2D eigenvalue weighted by molar-refractivity contribution is 6.69. The predicted octanol–water partition coefficient (Wildman–Crippen LogP) is 4.18. The number of rotatable bonds is 4. The van der Waals surface area contributed by atoms with Crippen LogP contribution in [-0.4, -0.2) is 13.1 Å². The quantitative estimate of drug-likeness (QED) is 0.716. The van der Waals surface area contributed by atoms with E-state index < -0.39 is 8.32 Å². The van der Waals surface area contributed by atoms with Crippen LogP contribution < -0.4 is 0 Å². The molecule has 2 heteroatoms. The summed E-state index contributed by atoms with van der Waals surface area (Å²) < 4.78 is 0. The normalized spacial score (nSPS) is 23.8. The van der Waals surface area contributed by atoms with Crippen molar-refractivity contribution in [2.75, 3.05) is 0 Å². The van der Waals surface area contributed by atoms with Crippen molar-refractivity contribution in [1.82, 2.24) is 0 Å². The maximum atomic E-state index is 9.94. The summed E-state index contributed by atoms with van der Waals surface area (Å²) in [6, 6.07) is 1.07. The molecule has 1 rings (SSSR count). The van der Waals surface area contributed by atoms with E-state index in [1.54, 1.807) is 0 Å². The zero-order valence-corrected chi connectivity index (χ0v) is 12.0. The molecule has 0 bridgehead atoms. The van der Waals surface area contributed by atoms with Gasteiger partial charge in [0.05, 0.1) is 0 Å². The molecule has 1 atom stereocenters. The second kappa shape index (κ2) is 5.01. The van der Waals surface area contributed by atoms with Crippen LogP contribution >= 0.6 is 0 Å². The first-order valence-corrected chi connectivity index (χ1v) is 9.69. The van der Waals surface area contributed by atoms with Gasteiger partial charge in [-0.05, 0) is 49.7 Å². The molecule has 0 aromatic rings. The Hall–Kier alpha value is 0.177. The molecule has 1 saturated carbocycles. The Kier molecular flexibility index (Phi) is 4.42. The van der Waals surface area contributed by atoms with E-state index in [4.69, 9.17) is 0 Å². The summed E-state index contributed by atoms with van der Waals surface area (Å²) in [7, 11) is -1.84. The minimum atomic E-state index is -1.84. The van der Waals surface area contributed by atoms with Gasteiger partial charge in [0.15, 0.2) is 8.32 Å². The highest BCUT2D eigenvalue weighted by atomic mass is 28.4. The molecule has 0 aromatic heterocycles. The molecule has 0 radical (unpaired) electrons. The van der Waals surface area contributed by atoms with Crippen LogP contribution in [0, 0.1) is 11.3 Å². The molecule has 0 heterocycles. The summed E-state index contributed by atoms with van der Waals surface area (Å²) in [5.41, 5.74) is 0.581. The summed E-state index contributed by atoms with van der Waals surface area (Å²) in [6.07, 6.45) is 8.41. The van der Waals surface area contributed by atoms with Crippen molar-refractivity contribution in [3.05, 3.63) is 0 Å². The SMILES string of the molecule is CC(CC1(C)CCCCC1)C[Si](C)(C)O. The van der Waals surface area contributed by atoms with Crippen molar-refractivity contribution < 1.29 is 4.80 Å². The van der Waals surface area contributed by atoms with E-state index in [0.29, 0.717) is 11.3 Å². The van der Waals surface area contributed by atoms with Crippen molar-refractivity contribution in [3.63, 3.8) is 0 Å². The Morgan fingerprint density at radius 2 is 1.73 bits per heavy atom. The lowest BCUT2D eigenvalue weighted by molar-refractivity contribution is 0.173. The van der Waals surface area contributed by atoms with Crippen LogP contribution in [0.1, 0.15) is 52.4 Å². The van der Waals surface area contributed by atoms with Gasteiger partial charge in [-0.2, -0.15) is 0 Å². The molecule has 0 spiro atoms. The van der Waals surface area contributed by atoms with Crippen LogP contribution in [0.4, 0.5) is 0 Å². The van der Waals surface area contributed by atoms with E-state index in [1.807, 2.05) is 0 Å². The van der Waals surface area contributed by atoms with Gasteiger partial charge in [-0.3, -0.25) is 0 Å². The molecule has 15 heavy (non-hydrogen) atoms. The van der Waals surface area contributed by atoms with Crippen molar-refractivity contribution >= 4 is 8.32 Å². The molecule has 1 aliphatic carbocycles. The lowest BCUT2D eigenvalue weighted by atomic mass is 9.71. The van der Waals surface area contributed by atoms with Crippen LogP contribution in [0.3, 0.4) is 0 Å². The Morgan fingerprint density at radius 1 is 1.20 bits per heavy atom. The second-order valence-electron chi connectivity index (χ2n) is 6.70. The van der Waals surface area contributed by atoms with E-state index >= 15 is 0 Å². The number of hydrogen-bond acceptors (Lipinski definition) is 1. The van der Waals surface area contributed by atoms with E-state index in [-0.39, 0.29) is 0 Å². The molecule has 0 amide bonds. The van der Waals surface area contributed by atoms with Gasteiger partial charge in [0.2, 0.25) is 0 Å². The van der Waals surface area contributed by atoms with Gasteiger partial charge in [-0.1, -0.05) is 33.1 Å². The van der Waals surface area contributed by atoms with E-state index in [1.165, 1.54) is 38.5 Å². The molecule has 1 nitrogen and oxygen atoms in total. The van der Waals surface area contributed by atoms with Gasteiger partial charge in [-0.15, -0.1) is 0 Å². The third-order valence-electron chi connectivity index (χ3n) is 3.75. The molecule has 0 aromatic carbocycles. The first-order chi connectivity index (χ1) is 6.81. The average molecular weight is 228 g/mol. The highest BCUT2D eigenvalue weighted by Gasteiger charge is 2.30. The molecular formula is C13H28OSi. The van der Waals surface area contributed by atoms with E-state index in [9.17, 15) is 4.80 Å². The molecule has 1 fully saturated rings. The Morgan fingerprint density at radius 3 is 2.20 bits per heavy atom. The largest absolute Gasteiger partial charge is 0.432 e.